The van der Waals surface area contributed by atoms with Crippen molar-refractivity contribution in [2.75, 3.05) is 0 Å². The minimum atomic E-state index is 0.480. The van der Waals surface area contributed by atoms with Gasteiger partial charge in [0.05, 0.1) is 0 Å². The molecule has 3 aromatic rings. The molecule has 0 spiro atoms. The minimum absolute atomic E-state index is 0.480. The van der Waals surface area contributed by atoms with Crippen LogP contribution in [-0.4, -0.2) is 0 Å². The predicted molar refractivity (Wildman–Crippen MR) is 93.3 cm³/mol. The van der Waals surface area contributed by atoms with Gasteiger partial charge in [-0.25, -0.2) is 0 Å². The average Bonchev–Trinajstić information content (AvgIpc) is 2.85. The molecule has 3 aromatic carbocycles. The molecule has 0 heteroatoms. The van der Waals surface area contributed by atoms with Crippen molar-refractivity contribution in [3.8, 4) is 11.1 Å². The van der Waals surface area contributed by atoms with Gasteiger partial charge in [0.15, 0.2) is 0 Å². The van der Waals surface area contributed by atoms with E-state index in [4.69, 9.17) is 0 Å². The predicted octanol–water partition coefficient (Wildman–Crippen LogP) is 5.66. The van der Waals surface area contributed by atoms with E-state index in [1.165, 1.54) is 38.9 Å². The van der Waals surface area contributed by atoms with E-state index in [0.29, 0.717) is 5.92 Å². The van der Waals surface area contributed by atoms with Crippen LogP contribution in [0.15, 0.2) is 66.7 Å². The lowest BCUT2D eigenvalue weighted by molar-refractivity contribution is 0.826. The topological polar surface area (TPSA) is 0 Å². The summed E-state index contributed by atoms with van der Waals surface area (Å²) in [4.78, 5) is 0. The number of benzene rings is 3. The van der Waals surface area contributed by atoms with Crippen molar-refractivity contribution in [2.24, 2.45) is 0 Å². The Kier molecular flexibility index (Phi) is 3.11. The maximum atomic E-state index is 2.31. The molecule has 1 unspecified atom stereocenters. The monoisotopic (exact) mass is 284 g/mol. The van der Waals surface area contributed by atoms with Crippen molar-refractivity contribution >= 4 is 0 Å². The zero-order valence-corrected chi connectivity index (χ0v) is 13.1. The molecule has 0 aromatic heterocycles. The molecule has 0 aliphatic heterocycles. The summed E-state index contributed by atoms with van der Waals surface area (Å²) in [6.07, 6.45) is 1.08. The van der Waals surface area contributed by atoms with Gasteiger partial charge in [-0.15, -0.1) is 0 Å². The molecule has 0 heterocycles. The zero-order valence-electron chi connectivity index (χ0n) is 13.1. The number of aryl methyl sites for hydroxylation is 2. The molecule has 22 heavy (non-hydrogen) atoms. The highest BCUT2D eigenvalue weighted by Crippen LogP contribution is 2.47. The van der Waals surface area contributed by atoms with E-state index in [2.05, 4.69) is 80.6 Å². The molecular weight excluding hydrogens is 264 g/mol. The summed E-state index contributed by atoms with van der Waals surface area (Å²) in [5.41, 5.74) is 9.97. The van der Waals surface area contributed by atoms with Crippen LogP contribution in [0.2, 0.25) is 0 Å². The Morgan fingerprint density at radius 2 is 1.45 bits per heavy atom. The van der Waals surface area contributed by atoms with Crippen LogP contribution < -0.4 is 0 Å². The third-order valence-corrected chi connectivity index (χ3v) is 4.85. The summed E-state index contributed by atoms with van der Waals surface area (Å²) in [5.74, 6) is 0.480. The fourth-order valence-electron chi connectivity index (χ4n) is 3.72. The van der Waals surface area contributed by atoms with Crippen molar-refractivity contribution in [3.05, 3.63) is 94.5 Å². The fraction of sp³-hybridized carbons (Fsp3) is 0.182. The van der Waals surface area contributed by atoms with Gasteiger partial charge in [0, 0.05) is 5.92 Å². The summed E-state index contributed by atoms with van der Waals surface area (Å²) in [5, 5.41) is 0. The van der Waals surface area contributed by atoms with Crippen molar-refractivity contribution in [1.29, 1.82) is 0 Å². The largest absolute Gasteiger partial charge is 0.0619 e. The SMILES string of the molecule is Cc1ccc(CC2c3ccccc3-c3c(C)cccc32)cc1. The van der Waals surface area contributed by atoms with Crippen molar-refractivity contribution in [2.45, 2.75) is 26.2 Å². The Morgan fingerprint density at radius 3 is 2.27 bits per heavy atom. The van der Waals surface area contributed by atoms with E-state index in [9.17, 15) is 0 Å². The number of rotatable bonds is 2. The first kappa shape index (κ1) is 13.3. The van der Waals surface area contributed by atoms with Crippen LogP contribution >= 0.6 is 0 Å². The van der Waals surface area contributed by atoms with Crippen molar-refractivity contribution in [1.82, 2.24) is 0 Å². The maximum Gasteiger partial charge on any atom is 0.0142 e. The second-order valence-electron chi connectivity index (χ2n) is 6.37. The molecular formula is C22H20. The van der Waals surface area contributed by atoms with Crippen LogP contribution in [0.5, 0.6) is 0 Å². The quantitative estimate of drug-likeness (QED) is 0.569. The summed E-state index contributed by atoms with van der Waals surface area (Å²) in [7, 11) is 0. The number of fused-ring (bicyclic) bond motifs is 3. The van der Waals surface area contributed by atoms with E-state index in [-0.39, 0.29) is 0 Å². The van der Waals surface area contributed by atoms with Gasteiger partial charge in [0.25, 0.3) is 0 Å². The van der Waals surface area contributed by atoms with Gasteiger partial charge in [-0.05, 0) is 53.6 Å². The molecule has 0 saturated heterocycles. The van der Waals surface area contributed by atoms with E-state index < -0.39 is 0 Å². The van der Waals surface area contributed by atoms with Crippen molar-refractivity contribution in [3.63, 3.8) is 0 Å². The highest BCUT2D eigenvalue weighted by Gasteiger charge is 2.29. The third kappa shape index (κ3) is 2.07. The first-order valence-electron chi connectivity index (χ1n) is 7.98. The van der Waals surface area contributed by atoms with Crippen LogP contribution in [0.25, 0.3) is 11.1 Å². The summed E-state index contributed by atoms with van der Waals surface area (Å²) in [6, 6.07) is 24.6. The number of hydrogen-bond acceptors (Lipinski definition) is 0. The van der Waals surface area contributed by atoms with Gasteiger partial charge >= 0.3 is 0 Å². The second kappa shape index (κ2) is 5.14. The molecule has 1 atom stereocenters. The molecule has 0 fully saturated rings. The van der Waals surface area contributed by atoms with E-state index in [1.807, 2.05) is 0 Å². The lowest BCUT2D eigenvalue weighted by Crippen LogP contribution is -2.01. The van der Waals surface area contributed by atoms with Gasteiger partial charge in [0.2, 0.25) is 0 Å². The molecule has 108 valence electrons. The van der Waals surface area contributed by atoms with Gasteiger partial charge in [-0.1, -0.05) is 72.3 Å². The number of hydrogen-bond donors (Lipinski definition) is 0. The second-order valence-corrected chi connectivity index (χ2v) is 6.37. The summed E-state index contributed by atoms with van der Waals surface area (Å²) in [6.45, 7) is 4.37. The standard InChI is InChI=1S/C22H20/c1-15-10-12-17(13-11-15)14-21-18-7-3-4-8-19(18)22-16(2)6-5-9-20(21)22/h3-13,21H,14H2,1-2H3. The molecule has 0 radical (unpaired) electrons. The minimum Gasteiger partial charge on any atom is -0.0619 e. The van der Waals surface area contributed by atoms with E-state index in [1.54, 1.807) is 0 Å². The van der Waals surface area contributed by atoms with Gasteiger partial charge in [-0.3, -0.25) is 0 Å². The Labute approximate surface area is 132 Å². The Bertz CT molecular complexity index is 825. The Morgan fingerprint density at radius 1 is 0.727 bits per heavy atom. The first-order valence-corrected chi connectivity index (χ1v) is 7.98. The zero-order chi connectivity index (χ0) is 15.1. The summed E-state index contributed by atoms with van der Waals surface area (Å²) >= 11 is 0. The summed E-state index contributed by atoms with van der Waals surface area (Å²) < 4.78 is 0. The van der Waals surface area contributed by atoms with Gasteiger partial charge < -0.3 is 0 Å². The molecule has 0 bridgehead atoms. The van der Waals surface area contributed by atoms with Gasteiger partial charge in [-0.2, -0.15) is 0 Å². The van der Waals surface area contributed by atoms with Crippen LogP contribution in [0, 0.1) is 13.8 Å². The van der Waals surface area contributed by atoms with Gasteiger partial charge in [0.1, 0.15) is 0 Å². The van der Waals surface area contributed by atoms with Crippen LogP contribution in [0.3, 0.4) is 0 Å². The van der Waals surface area contributed by atoms with E-state index in [0.717, 1.165) is 6.42 Å². The lowest BCUT2D eigenvalue weighted by Gasteiger charge is -2.14. The smallest absolute Gasteiger partial charge is 0.0142 e. The third-order valence-electron chi connectivity index (χ3n) is 4.85. The molecule has 4 rings (SSSR count). The van der Waals surface area contributed by atoms with E-state index >= 15 is 0 Å². The van der Waals surface area contributed by atoms with Crippen LogP contribution in [0.1, 0.15) is 33.7 Å². The Hall–Kier alpha value is -2.34. The first-order chi connectivity index (χ1) is 10.7. The van der Waals surface area contributed by atoms with Crippen LogP contribution in [0.4, 0.5) is 0 Å². The normalized spacial score (nSPS) is 15.5. The molecule has 0 N–H and O–H groups in total. The molecule has 0 saturated carbocycles. The molecule has 0 amide bonds. The lowest BCUT2D eigenvalue weighted by atomic mass is 9.89. The van der Waals surface area contributed by atoms with Crippen molar-refractivity contribution < 1.29 is 0 Å². The molecule has 1 aliphatic carbocycles. The molecule has 1 aliphatic rings. The van der Waals surface area contributed by atoms with Crippen LogP contribution in [-0.2, 0) is 6.42 Å². The Balaban J connectivity index is 1.83. The average molecular weight is 284 g/mol. The molecule has 0 nitrogen and oxygen atoms in total. The highest BCUT2D eigenvalue weighted by molar-refractivity contribution is 5.81. The fourth-order valence-corrected chi connectivity index (χ4v) is 3.72. The maximum absolute atomic E-state index is 2.31. The highest BCUT2D eigenvalue weighted by atomic mass is 14.3.